The molecule has 15 heavy (non-hydrogen) atoms. The molecule has 0 aromatic carbocycles. The smallest absolute Gasteiger partial charge is 0.331 e. The number of thiophene rings is 1. The summed E-state index contributed by atoms with van der Waals surface area (Å²) in [6.07, 6.45) is 0. The van der Waals surface area contributed by atoms with Gasteiger partial charge in [-0.1, -0.05) is 0 Å². The molecule has 0 aliphatic heterocycles. The third-order valence-electron chi connectivity index (χ3n) is 1.63. The monoisotopic (exact) mass is 249 g/mol. The van der Waals surface area contributed by atoms with E-state index in [9.17, 15) is 9.59 Å². The summed E-state index contributed by atoms with van der Waals surface area (Å²) >= 11 is 1.38. The number of Topliss-reactive ketones (excluding diaryl/α,β-unsaturated/α-hetero) is 1. The molecule has 4 nitrogen and oxygen atoms in total. The first kappa shape index (κ1) is 14.1. The molecule has 0 amide bonds. The highest BCUT2D eigenvalue weighted by atomic mass is 35.5. The molecule has 0 fully saturated rings. The van der Waals surface area contributed by atoms with Crippen molar-refractivity contribution < 1.29 is 14.3 Å². The zero-order valence-corrected chi connectivity index (χ0v) is 9.77. The maximum absolute atomic E-state index is 11.5. The molecule has 0 aliphatic carbocycles. The number of esters is 1. The van der Waals surface area contributed by atoms with Crippen LogP contribution in [0.5, 0.6) is 0 Å². The molecule has 0 radical (unpaired) electrons. The Kier molecular flexibility index (Phi) is 6.15. The van der Waals surface area contributed by atoms with Crippen LogP contribution in [0.15, 0.2) is 16.8 Å². The topological polar surface area (TPSA) is 69.4 Å². The highest BCUT2D eigenvalue weighted by Crippen LogP contribution is 2.08. The summed E-state index contributed by atoms with van der Waals surface area (Å²) in [5.41, 5.74) is 5.87. The molecule has 2 N–H and O–H groups in total. The van der Waals surface area contributed by atoms with E-state index in [1.54, 1.807) is 23.8 Å². The van der Waals surface area contributed by atoms with Gasteiger partial charge in [0.2, 0.25) is 0 Å². The van der Waals surface area contributed by atoms with E-state index >= 15 is 0 Å². The van der Waals surface area contributed by atoms with Crippen molar-refractivity contribution in [1.82, 2.24) is 0 Å². The van der Waals surface area contributed by atoms with Crippen molar-refractivity contribution in [3.05, 3.63) is 22.4 Å². The number of rotatable bonds is 4. The van der Waals surface area contributed by atoms with E-state index in [1.807, 2.05) is 0 Å². The van der Waals surface area contributed by atoms with Crippen molar-refractivity contribution in [1.29, 1.82) is 0 Å². The van der Waals surface area contributed by atoms with Gasteiger partial charge in [-0.2, -0.15) is 11.3 Å². The van der Waals surface area contributed by atoms with Gasteiger partial charge in [0.05, 0.1) is 6.61 Å². The molecule has 1 aromatic rings. The first-order chi connectivity index (χ1) is 6.66. The minimum absolute atomic E-state index is 0. The third kappa shape index (κ3) is 3.62. The van der Waals surface area contributed by atoms with Crippen molar-refractivity contribution in [3.8, 4) is 0 Å². The van der Waals surface area contributed by atoms with Crippen LogP contribution < -0.4 is 5.73 Å². The van der Waals surface area contributed by atoms with Gasteiger partial charge in [-0.15, -0.1) is 12.4 Å². The maximum Gasteiger partial charge on any atom is 0.331 e. The number of hydrogen-bond acceptors (Lipinski definition) is 5. The largest absolute Gasteiger partial charge is 0.464 e. The molecule has 0 spiro atoms. The van der Waals surface area contributed by atoms with Crippen LogP contribution >= 0.6 is 23.7 Å². The minimum Gasteiger partial charge on any atom is -0.464 e. The quantitative estimate of drug-likeness (QED) is 0.495. The Morgan fingerprint density at radius 1 is 1.60 bits per heavy atom. The van der Waals surface area contributed by atoms with Crippen LogP contribution in [-0.2, 0) is 9.53 Å². The van der Waals surface area contributed by atoms with Crippen LogP contribution in [0.3, 0.4) is 0 Å². The molecule has 0 saturated heterocycles. The molecule has 1 unspecified atom stereocenters. The Bertz CT molecular complexity index is 326. The summed E-state index contributed by atoms with van der Waals surface area (Å²) in [7, 11) is 0. The van der Waals surface area contributed by atoms with Gasteiger partial charge >= 0.3 is 5.97 Å². The van der Waals surface area contributed by atoms with Crippen LogP contribution in [0.2, 0.25) is 0 Å². The van der Waals surface area contributed by atoms with Gasteiger partial charge in [0.1, 0.15) is 0 Å². The maximum atomic E-state index is 11.5. The van der Waals surface area contributed by atoms with Crippen LogP contribution in [0.1, 0.15) is 17.3 Å². The summed E-state index contributed by atoms with van der Waals surface area (Å²) in [5.74, 6) is -1.08. The van der Waals surface area contributed by atoms with Crippen molar-refractivity contribution in [2.24, 2.45) is 5.73 Å². The Morgan fingerprint density at radius 3 is 2.73 bits per heavy atom. The van der Waals surface area contributed by atoms with Crippen LogP contribution in [-0.4, -0.2) is 24.4 Å². The van der Waals surface area contributed by atoms with E-state index < -0.39 is 17.8 Å². The van der Waals surface area contributed by atoms with Crippen molar-refractivity contribution in [3.63, 3.8) is 0 Å². The van der Waals surface area contributed by atoms with Gasteiger partial charge in [0, 0.05) is 10.9 Å². The predicted molar refractivity (Wildman–Crippen MR) is 60.5 cm³/mol. The van der Waals surface area contributed by atoms with Gasteiger partial charge in [0.25, 0.3) is 0 Å². The molecule has 0 bridgehead atoms. The number of ketones is 1. The second-order valence-electron chi connectivity index (χ2n) is 2.61. The van der Waals surface area contributed by atoms with Crippen LogP contribution in [0, 0.1) is 0 Å². The number of carbonyl (C=O) groups excluding carboxylic acids is 2. The summed E-state index contributed by atoms with van der Waals surface area (Å²) in [6.45, 7) is 1.89. The Labute approximate surface area is 97.8 Å². The zero-order chi connectivity index (χ0) is 10.6. The third-order valence-corrected chi connectivity index (χ3v) is 2.31. The molecule has 1 rings (SSSR count). The lowest BCUT2D eigenvalue weighted by molar-refractivity contribution is -0.143. The van der Waals surface area contributed by atoms with E-state index in [0.29, 0.717) is 5.56 Å². The fourth-order valence-corrected chi connectivity index (χ4v) is 1.57. The number of halogens is 1. The van der Waals surface area contributed by atoms with Crippen molar-refractivity contribution in [2.45, 2.75) is 13.0 Å². The van der Waals surface area contributed by atoms with Crippen molar-refractivity contribution in [2.75, 3.05) is 6.61 Å². The Hall–Kier alpha value is -0.910. The first-order valence-electron chi connectivity index (χ1n) is 4.15. The van der Waals surface area contributed by atoms with Gasteiger partial charge < -0.3 is 10.5 Å². The molecule has 6 heteroatoms. The molecule has 0 aliphatic rings. The summed E-state index contributed by atoms with van der Waals surface area (Å²) in [5, 5.41) is 3.41. The molecule has 0 saturated carbocycles. The molecule has 1 atom stereocenters. The summed E-state index contributed by atoms with van der Waals surface area (Å²) in [4.78, 5) is 22.6. The predicted octanol–water partition coefficient (Wildman–Crippen LogP) is 1.24. The average Bonchev–Trinajstić information content (AvgIpc) is 2.68. The molecular weight excluding hydrogens is 238 g/mol. The number of nitrogens with two attached hydrogens (primary N) is 1. The fourth-order valence-electron chi connectivity index (χ4n) is 0.923. The SMILES string of the molecule is CCOC(=O)C(N)C(=O)c1ccsc1.Cl. The minimum atomic E-state index is -1.20. The Morgan fingerprint density at radius 2 is 2.27 bits per heavy atom. The Balaban J connectivity index is 0.00000196. The standard InChI is InChI=1S/C9H11NO3S.ClH/c1-2-13-9(12)7(10)8(11)6-3-4-14-5-6;/h3-5,7H,2,10H2,1H3;1H. The van der Waals surface area contributed by atoms with Crippen molar-refractivity contribution >= 4 is 35.5 Å². The lowest BCUT2D eigenvalue weighted by atomic mass is 10.1. The normalized spacial score (nSPS) is 11.3. The average molecular weight is 250 g/mol. The highest BCUT2D eigenvalue weighted by Gasteiger charge is 2.24. The van der Waals surface area contributed by atoms with Gasteiger partial charge in [-0.3, -0.25) is 4.79 Å². The van der Waals surface area contributed by atoms with E-state index in [2.05, 4.69) is 4.74 Å². The lowest BCUT2D eigenvalue weighted by Crippen LogP contribution is -2.39. The van der Waals surface area contributed by atoms with Crippen LogP contribution in [0.4, 0.5) is 0 Å². The van der Waals surface area contributed by atoms with E-state index in [1.165, 1.54) is 11.3 Å². The van der Waals surface area contributed by atoms with E-state index in [0.717, 1.165) is 0 Å². The highest BCUT2D eigenvalue weighted by molar-refractivity contribution is 7.08. The summed E-state index contributed by atoms with van der Waals surface area (Å²) in [6, 6.07) is 0.427. The summed E-state index contributed by atoms with van der Waals surface area (Å²) < 4.78 is 4.64. The number of ether oxygens (including phenoxy) is 1. The van der Waals surface area contributed by atoms with E-state index in [-0.39, 0.29) is 19.0 Å². The first-order valence-corrected chi connectivity index (χ1v) is 5.09. The molecular formula is C9H12ClNO3S. The van der Waals surface area contributed by atoms with Crippen LogP contribution in [0.25, 0.3) is 0 Å². The fraction of sp³-hybridized carbons (Fsp3) is 0.333. The van der Waals surface area contributed by atoms with Gasteiger partial charge in [0.15, 0.2) is 11.8 Å². The number of hydrogen-bond donors (Lipinski definition) is 1. The number of carbonyl (C=O) groups is 2. The lowest BCUT2D eigenvalue weighted by Gasteiger charge is -2.07. The van der Waals surface area contributed by atoms with E-state index in [4.69, 9.17) is 5.73 Å². The zero-order valence-electron chi connectivity index (χ0n) is 8.14. The van der Waals surface area contributed by atoms with Gasteiger partial charge in [-0.05, 0) is 18.4 Å². The second kappa shape index (κ2) is 6.55. The molecule has 84 valence electrons. The van der Waals surface area contributed by atoms with Gasteiger partial charge in [-0.25, -0.2) is 4.79 Å². The molecule has 1 aromatic heterocycles. The second-order valence-corrected chi connectivity index (χ2v) is 3.39. The molecule has 1 heterocycles.